The minimum atomic E-state index is 1.03. The molecule has 17 heavy (non-hydrogen) atoms. The van der Waals surface area contributed by atoms with Crippen LogP contribution >= 0.6 is 9.24 Å². The topological polar surface area (TPSA) is 0 Å². The average molecular weight is 254 g/mol. The predicted octanol–water partition coefficient (Wildman–Crippen LogP) is 5.27. The molecule has 2 aliphatic carbocycles. The first-order valence-corrected chi connectivity index (χ1v) is 8.85. The summed E-state index contributed by atoms with van der Waals surface area (Å²) in [4.78, 5) is 0. The fraction of sp³-hybridized carbons (Fsp3) is 1.00. The molecule has 0 spiro atoms. The maximum Gasteiger partial charge on any atom is -0.0353 e. The van der Waals surface area contributed by atoms with Crippen molar-refractivity contribution in [1.29, 1.82) is 0 Å². The van der Waals surface area contributed by atoms with Gasteiger partial charge >= 0.3 is 0 Å². The minimum Gasteiger partial charge on any atom is -0.137 e. The van der Waals surface area contributed by atoms with Crippen LogP contribution in [0.3, 0.4) is 0 Å². The lowest BCUT2D eigenvalue weighted by molar-refractivity contribution is 0.148. The maximum atomic E-state index is 2.94. The van der Waals surface area contributed by atoms with Crippen molar-refractivity contribution in [3.63, 3.8) is 0 Å². The number of rotatable bonds is 4. The lowest BCUT2D eigenvalue weighted by Crippen LogP contribution is -2.26. The lowest BCUT2D eigenvalue weighted by atomic mass is 9.69. The van der Waals surface area contributed by atoms with Crippen LogP contribution in [-0.4, -0.2) is 6.16 Å². The van der Waals surface area contributed by atoms with Crippen molar-refractivity contribution in [3.8, 4) is 0 Å². The summed E-state index contributed by atoms with van der Waals surface area (Å²) < 4.78 is 0. The van der Waals surface area contributed by atoms with Crippen LogP contribution < -0.4 is 0 Å². The summed E-state index contributed by atoms with van der Waals surface area (Å²) in [5, 5.41) is 0. The van der Waals surface area contributed by atoms with E-state index in [-0.39, 0.29) is 0 Å². The first kappa shape index (κ1) is 13.9. The number of hydrogen-bond donors (Lipinski definition) is 0. The molecule has 2 rings (SSSR count). The Balaban J connectivity index is 1.70. The third-order valence-electron chi connectivity index (χ3n) is 5.48. The summed E-state index contributed by atoms with van der Waals surface area (Å²) in [6.45, 7) is 2.34. The highest BCUT2D eigenvalue weighted by atomic mass is 31.0. The molecule has 0 bridgehead atoms. The van der Waals surface area contributed by atoms with Gasteiger partial charge in [-0.25, -0.2) is 0 Å². The largest absolute Gasteiger partial charge is 0.137 e. The van der Waals surface area contributed by atoms with Crippen molar-refractivity contribution in [1.82, 2.24) is 0 Å². The number of hydrogen-bond acceptors (Lipinski definition) is 0. The van der Waals surface area contributed by atoms with E-state index in [1.807, 2.05) is 0 Å². The van der Waals surface area contributed by atoms with Gasteiger partial charge in [0.25, 0.3) is 0 Å². The van der Waals surface area contributed by atoms with Gasteiger partial charge in [0.15, 0.2) is 0 Å². The van der Waals surface area contributed by atoms with Gasteiger partial charge in [-0.15, -0.1) is 9.24 Å². The van der Waals surface area contributed by atoms with Gasteiger partial charge in [-0.1, -0.05) is 32.6 Å². The SMILES string of the molecule is CCCC1CCC(C2CCC(CP)CC2)CC1. The second-order valence-corrected chi connectivity index (χ2v) is 7.06. The van der Waals surface area contributed by atoms with Gasteiger partial charge in [0, 0.05) is 0 Å². The molecule has 1 unspecified atom stereocenters. The molecule has 1 heteroatoms. The molecule has 2 aliphatic rings. The van der Waals surface area contributed by atoms with Crippen molar-refractivity contribution in [2.45, 2.75) is 71.1 Å². The van der Waals surface area contributed by atoms with Crippen molar-refractivity contribution in [3.05, 3.63) is 0 Å². The Bertz CT molecular complexity index is 198. The van der Waals surface area contributed by atoms with Crippen LogP contribution in [0.4, 0.5) is 0 Å². The van der Waals surface area contributed by atoms with E-state index < -0.39 is 0 Å². The Morgan fingerprint density at radius 1 is 0.765 bits per heavy atom. The van der Waals surface area contributed by atoms with Gasteiger partial charge < -0.3 is 0 Å². The van der Waals surface area contributed by atoms with Gasteiger partial charge in [-0.3, -0.25) is 0 Å². The van der Waals surface area contributed by atoms with E-state index in [4.69, 9.17) is 0 Å². The molecule has 0 aromatic rings. The van der Waals surface area contributed by atoms with Crippen LogP contribution in [0.25, 0.3) is 0 Å². The summed E-state index contributed by atoms with van der Waals surface area (Å²) in [6.07, 6.45) is 16.6. The second-order valence-electron chi connectivity index (χ2n) is 6.59. The molecule has 0 radical (unpaired) electrons. The zero-order valence-electron chi connectivity index (χ0n) is 11.7. The summed E-state index contributed by atoms with van der Waals surface area (Å²) in [5.74, 6) is 4.33. The standard InChI is InChI=1S/C16H31P/c1-2-3-13-4-8-15(9-5-13)16-10-6-14(12-17)7-11-16/h13-16H,2-12,17H2,1H3. The Labute approximate surface area is 111 Å². The van der Waals surface area contributed by atoms with Crippen molar-refractivity contribution >= 4 is 9.24 Å². The van der Waals surface area contributed by atoms with Gasteiger partial charge in [-0.05, 0) is 68.4 Å². The van der Waals surface area contributed by atoms with E-state index in [0.717, 1.165) is 23.7 Å². The highest BCUT2D eigenvalue weighted by Crippen LogP contribution is 2.42. The first-order valence-electron chi connectivity index (χ1n) is 8.03. The van der Waals surface area contributed by atoms with Gasteiger partial charge in [0.05, 0.1) is 0 Å². The fourth-order valence-electron chi connectivity index (χ4n) is 4.25. The van der Waals surface area contributed by atoms with Gasteiger partial charge in [0.1, 0.15) is 0 Å². The molecule has 0 nitrogen and oxygen atoms in total. The molecule has 0 saturated heterocycles. The van der Waals surface area contributed by atoms with Crippen molar-refractivity contribution < 1.29 is 0 Å². The third-order valence-corrected chi connectivity index (χ3v) is 6.15. The summed E-state index contributed by atoms with van der Waals surface area (Å²) in [7, 11) is 2.94. The Morgan fingerprint density at radius 2 is 1.24 bits per heavy atom. The first-order chi connectivity index (χ1) is 8.33. The molecule has 100 valence electrons. The van der Waals surface area contributed by atoms with Crippen LogP contribution in [0.15, 0.2) is 0 Å². The van der Waals surface area contributed by atoms with E-state index in [1.54, 1.807) is 38.5 Å². The van der Waals surface area contributed by atoms with Gasteiger partial charge in [0.2, 0.25) is 0 Å². The van der Waals surface area contributed by atoms with E-state index in [9.17, 15) is 0 Å². The van der Waals surface area contributed by atoms with Crippen molar-refractivity contribution in [2.24, 2.45) is 23.7 Å². The van der Waals surface area contributed by atoms with E-state index in [1.165, 1.54) is 31.8 Å². The normalized spacial score (nSPS) is 39.2. The quantitative estimate of drug-likeness (QED) is 0.599. The summed E-state index contributed by atoms with van der Waals surface area (Å²) in [5.41, 5.74) is 0. The molecule has 0 amide bonds. The van der Waals surface area contributed by atoms with Crippen LogP contribution in [0.2, 0.25) is 0 Å². The molecule has 0 heterocycles. The Hall–Kier alpha value is 0.430. The average Bonchev–Trinajstić information content (AvgIpc) is 2.40. The molecule has 0 aliphatic heterocycles. The van der Waals surface area contributed by atoms with Crippen LogP contribution in [0.1, 0.15) is 71.1 Å². The van der Waals surface area contributed by atoms with E-state index in [2.05, 4.69) is 16.2 Å². The molecule has 1 atom stereocenters. The smallest absolute Gasteiger partial charge is 0.0353 e. The fourth-order valence-corrected chi connectivity index (χ4v) is 4.72. The molecule has 0 aromatic heterocycles. The van der Waals surface area contributed by atoms with E-state index in [0.29, 0.717) is 0 Å². The molecular formula is C16H31P. The van der Waals surface area contributed by atoms with Crippen molar-refractivity contribution in [2.75, 3.05) is 6.16 Å². The second kappa shape index (κ2) is 7.13. The zero-order valence-corrected chi connectivity index (χ0v) is 12.8. The summed E-state index contributed by atoms with van der Waals surface area (Å²) >= 11 is 0. The van der Waals surface area contributed by atoms with Gasteiger partial charge in [-0.2, -0.15) is 0 Å². The third kappa shape index (κ3) is 3.95. The predicted molar refractivity (Wildman–Crippen MR) is 80.4 cm³/mol. The monoisotopic (exact) mass is 254 g/mol. The minimum absolute atomic E-state index is 1.03. The highest BCUT2D eigenvalue weighted by molar-refractivity contribution is 7.16. The summed E-state index contributed by atoms with van der Waals surface area (Å²) in [6, 6.07) is 0. The van der Waals surface area contributed by atoms with Crippen LogP contribution in [0.5, 0.6) is 0 Å². The van der Waals surface area contributed by atoms with Crippen LogP contribution in [-0.2, 0) is 0 Å². The lowest BCUT2D eigenvalue weighted by Gasteiger charge is -2.37. The van der Waals surface area contributed by atoms with Crippen LogP contribution in [0, 0.1) is 23.7 Å². The molecule has 2 fully saturated rings. The Morgan fingerprint density at radius 3 is 1.65 bits per heavy atom. The van der Waals surface area contributed by atoms with E-state index >= 15 is 0 Å². The zero-order chi connectivity index (χ0) is 12.1. The molecular weight excluding hydrogens is 223 g/mol. The maximum absolute atomic E-state index is 2.94. The highest BCUT2D eigenvalue weighted by Gasteiger charge is 2.30. The molecule has 2 saturated carbocycles. The molecule has 0 aromatic carbocycles. The molecule has 0 N–H and O–H groups in total. The Kier molecular flexibility index (Phi) is 5.81.